The summed E-state index contributed by atoms with van der Waals surface area (Å²) in [6, 6.07) is 0. The van der Waals surface area contributed by atoms with E-state index in [2.05, 4.69) is 4.74 Å². The Balaban J connectivity index is 4.70. The Bertz CT molecular complexity index is 308. The van der Waals surface area contributed by atoms with E-state index >= 15 is 0 Å². The Morgan fingerprint density at radius 3 is 1.60 bits per heavy atom. The van der Waals surface area contributed by atoms with Crippen LogP contribution >= 0.6 is 0 Å². The SMILES string of the molecule is FC(F)C(F)(F)C(F)(F)C(F)(F)OCCCC(F)(F)F. The first-order valence-electron chi connectivity index (χ1n) is 4.77. The molecule has 0 bridgehead atoms. The van der Waals surface area contributed by atoms with Crippen molar-refractivity contribution in [2.45, 2.75) is 43.4 Å². The van der Waals surface area contributed by atoms with Crippen molar-refractivity contribution >= 4 is 0 Å². The van der Waals surface area contributed by atoms with E-state index in [1.54, 1.807) is 0 Å². The van der Waals surface area contributed by atoms with Gasteiger partial charge in [-0.3, -0.25) is 0 Å². The zero-order valence-corrected chi connectivity index (χ0v) is 9.26. The fourth-order valence-corrected chi connectivity index (χ4v) is 0.895. The van der Waals surface area contributed by atoms with Crippen LogP contribution in [0, 0.1) is 0 Å². The average Bonchev–Trinajstić information content (AvgIpc) is 2.22. The highest BCUT2D eigenvalue weighted by molar-refractivity contribution is 4.93. The summed E-state index contributed by atoms with van der Waals surface area (Å²) in [6.07, 6.45) is -18.9. The van der Waals surface area contributed by atoms with Gasteiger partial charge in [0.2, 0.25) is 0 Å². The highest BCUT2D eigenvalue weighted by atomic mass is 19.4. The Kier molecular flexibility index (Phi) is 5.66. The van der Waals surface area contributed by atoms with Crippen molar-refractivity contribution in [1.29, 1.82) is 0 Å². The maximum atomic E-state index is 12.6. The van der Waals surface area contributed by atoms with Gasteiger partial charge in [0, 0.05) is 6.42 Å². The monoisotopic (exact) mass is 328 g/mol. The third kappa shape index (κ3) is 4.35. The van der Waals surface area contributed by atoms with Gasteiger partial charge >= 0.3 is 30.6 Å². The van der Waals surface area contributed by atoms with Crippen molar-refractivity contribution in [3.8, 4) is 0 Å². The summed E-state index contributed by atoms with van der Waals surface area (Å²) in [4.78, 5) is 0. The number of rotatable bonds is 7. The van der Waals surface area contributed by atoms with Crippen molar-refractivity contribution in [1.82, 2.24) is 0 Å². The summed E-state index contributed by atoms with van der Waals surface area (Å²) < 4.78 is 136. The maximum absolute atomic E-state index is 12.6. The summed E-state index contributed by atoms with van der Waals surface area (Å²) in [5.41, 5.74) is 0. The summed E-state index contributed by atoms with van der Waals surface area (Å²) in [7, 11) is 0. The topological polar surface area (TPSA) is 9.23 Å². The quantitative estimate of drug-likeness (QED) is 0.495. The number of ether oxygens (including phenoxy) is 1. The van der Waals surface area contributed by atoms with Crippen molar-refractivity contribution in [2.24, 2.45) is 0 Å². The minimum Gasteiger partial charge on any atom is -0.316 e. The summed E-state index contributed by atoms with van der Waals surface area (Å²) >= 11 is 0. The first-order chi connectivity index (χ1) is 8.65. The lowest BCUT2D eigenvalue weighted by atomic mass is 10.1. The second kappa shape index (κ2) is 5.90. The molecular formula is C8H7F11O. The lowest BCUT2D eigenvalue weighted by molar-refractivity contribution is -0.413. The van der Waals surface area contributed by atoms with Crippen LogP contribution in [0.25, 0.3) is 0 Å². The van der Waals surface area contributed by atoms with Crippen molar-refractivity contribution in [3.05, 3.63) is 0 Å². The van der Waals surface area contributed by atoms with Crippen LogP contribution < -0.4 is 0 Å². The van der Waals surface area contributed by atoms with Crippen LogP contribution in [0.3, 0.4) is 0 Å². The zero-order chi connectivity index (χ0) is 16.4. The van der Waals surface area contributed by atoms with Crippen LogP contribution in [-0.4, -0.2) is 37.2 Å². The second-order valence-electron chi connectivity index (χ2n) is 3.58. The molecule has 0 unspecified atom stereocenters. The summed E-state index contributed by atoms with van der Waals surface area (Å²) in [6.45, 7) is -1.67. The average molecular weight is 328 g/mol. The molecule has 0 spiro atoms. The summed E-state index contributed by atoms with van der Waals surface area (Å²) in [5.74, 6) is -13.0. The van der Waals surface area contributed by atoms with Crippen LogP contribution in [-0.2, 0) is 4.74 Å². The number of hydrogen-bond donors (Lipinski definition) is 0. The van der Waals surface area contributed by atoms with Gasteiger partial charge in [0.05, 0.1) is 6.61 Å². The van der Waals surface area contributed by atoms with Crippen molar-refractivity contribution < 1.29 is 53.0 Å². The highest BCUT2D eigenvalue weighted by Crippen LogP contribution is 2.49. The Morgan fingerprint density at radius 1 is 0.800 bits per heavy atom. The van der Waals surface area contributed by atoms with Crippen molar-refractivity contribution in [3.63, 3.8) is 0 Å². The van der Waals surface area contributed by atoms with Crippen LogP contribution in [0.4, 0.5) is 48.3 Å². The molecule has 0 saturated carbocycles. The van der Waals surface area contributed by atoms with E-state index in [0.29, 0.717) is 0 Å². The van der Waals surface area contributed by atoms with E-state index in [0.717, 1.165) is 0 Å². The molecule has 0 N–H and O–H groups in total. The minimum absolute atomic E-state index is 1.23. The van der Waals surface area contributed by atoms with Crippen LogP contribution in [0.2, 0.25) is 0 Å². The van der Waals surface area contributed by atoms with Gasteiger partial charge in [-0.05, 0) is 6.42 Å². The van der Waals surface area contributed by atoms with E-state index in [9.17, 15) is 48.3 Å². The molecule has 0 atom stereocenters. The van der Waals surface area contributed by atoms with Gasteiger partial charge in [-0.15, -0.1) is 0 Å². The molecule has 0 aromatic carbocycles. The third-order valence-electron chi connectivity index (χ3n) is 1.95. The smallest absolute Gasteiger partial charge is 0.316 e. The zero-order valence-electron chi connectivity index (χ0n) is 9.26. The number of hydrogen-bond acceptors (Lipinski definition) is 1. The molecule has 0 rings (SSSR count). The van der Waals surface area contributed by atoms with Gasteiger partial charge in [-0.1, -0.05) is 0 Å². The Hall–Kier alpha value is -0.810. The second-order valence-corrected chi connectivity index (χ2v) is 3.58. The lowest BCUT2D eigenvalue weighted by Gasteiger charge is -2.31. The minimum atomic E-state index is -6.58. The predicted octanol–water partition coefficient (Wildman–Crippen LogP) is 4.47. The van der Waals surface area contributed by atoms with Gasteiger partial charge in [-0.25, -0.2) is 8.78 Å². The lowest BCUT2D eigenvalue weighted by Crippen LogP contribution is -2.58. The molecule has 0 aliphatic heterocycles. The molecule has 0 aromatic heterocycles. The maximum Gasteiger partial charge on any atom is 0.426 e. The van der Waals surface area contributed by atoms with Gasteiger partial charge in [0.1, 0.15) is 0 Å². The van der Waals surface area contributed by atoms with E-state index in [1.807, 2.05) is 0 Å². The molecule has 0 radical (unpaired) electrons. The summed E-state index contributed by atoms with van der Waals surface area (Å²) in [5, 5.41) is 0. The molecule has 0 amide bonds. The molecule has 20 heavy (non-hydrogen) atoms. The molecule has 0 aliphatic carbocycles. The molecular weight excluding hydrogens is 321 g/mol. The molecule has 0 heterocycles. The molecule has 0 aromatic rings. The first-order valence-corrected chi connectivity index (χ1v) is 4.77. The van der Waals surface area contributed by atoms with Gasteiger partial charge in [0.25, 0.3) is 0 Å². The molecule has 12 heteroatoms. The van der Waals surface area contributed by atoms with Crippen molar-refractivity contribution in [2.75, 3.05) is 6.61 Å². The Labute approximate surface area is 104 Å². The molecule has 0 saturated heterocycles. The number of halogens is 11. The van der Waals surface area contributed by atoms with Crippen LogP contribution in [0.15, 0.2) is 0 Å². The third-order valence-corrected chi connectivity index (χ3v) is 1.95. The van der Waals surface area contributed by atoms with E-state index in [4.69, 9.17) is 0 Å². The molecule has 122 valence electrons. The van der Waals surface area contributed by atoms with E-state index < -0.39 is 50.0 Å². The fraction of sp³-hybridized carbons (Fsp3) is 1.00. The van der Waals surface area contributed by atoms with E-state index in [1.165, 1.54) is 0 Å². The molecule has 0 aliphatic rings. The van der Waals surface area contributed by atoms with Gasteiger partial charge in [0.15, 0.2) is 0 Å². The highest BCUT2D eigenvalue weighted by Gasteiger charge is 2.76. The van der Waals surface area contributed by atoms with Crippen LogP contribution in [0.5, 0.6) is 0 Å². The van der Waals surface area contributed by atoms with E-state index in [-0.39, 0.29) is 0 Å². The van der Waals surface area contributed by atoms with Gasteiger partial charge in [-0.2, -0.15) is 39.5 Å². The Morgan fingerprint density at radius 2 is 1.25 bits per heavy atom. The first kappa shape index (κ1) is 19.2. The normalized spacial score (nSPS) is 15.0. The van der Waals surface area contributed by atoms with Gasteiger partial charge < -0.3 is 4.74 Å². The fourth-order valence-electron chi connectivity index (χ4n) is 0.895. The number of alkyl halides is 11. The largest absolute Gasteiger partial charge is 0.426 e. The molecule has 1 nitrogen and oxygen atoms in total. The predicted molar refractivity (Wildman–Crippen MR) is 42.1 cm³/mol. The standard InChI is InChI=1S/C8H7F11O/c9-4(10)6(14,15)7(16,17)8(18,19)20-3-1-2-5(11,12)13/h4H,1-3H2. The van der Waals surface area contributed by atoms with Crippen LogP contribution in [0.1, 0.15) is 12.8 Å². The molecule has 0 fully saturated rings.